The standard InChI is InChI=1S/C11H21NO2.ClH3Si/c1-5-12(6-2)8-7-9-14-11(13)10(3)4;1-2/h3,5-9H2,1-2,4H3;2H3. The topological polar surface area (TPSA) is 29.5 Å². The summed E-state index contributed by atoms with van der Waals surface area (Å²) in [6, 6.07) is 0. The van der Waals surface area contributed by atoms with Crippen molar-refractivity contribution < 1.29 is 9.53 Å². The van der Waals surface area contributed by atoms with Crippen LogP contribution in [-0.4, -0.2) is 46.7 Å². The monoisotopic (exact) mass is 265 g/mol. The predicted molar refractivity (Wildman–Crippen MR) is 74.0 cm³/mol. The largest absolute Gasteiger partial charge is 0.462 e. The van der Waals surface area contributed by atoms with E-state index in [1.165, 1.54) is 0 Å². The fraction of sp³-hybridized carbons (Fsp3) is 0.727. The predicted octanol–water partition coefficient (Wildman–Crippen LogP) is 1.34. The number of esters is 1. The number of halogens is 1. The first-order valence-electron chi connectivity index (χ1n) is 5.54. The summed E-state index contributed by atoms with van der Waals surface area (Å²) in [4.78, 5) is 13.3. The first-order valence-corrected chi connectivity index (χ1v) is 8.57. The van der Waals surface area contributed by atoms with Gasteiger partial charge in [0.05, 0.1) is 6.61 Å². The van der Waals surface area contributed by atoms with Crippen LogP contribution in [0.1, 0.15) is 27.2 Å². The number of hydrogen-bond acceptors (Lipinski definition) is 3. The molecule has 0 saturated carbocycles. The van der Waals surface area contributed by atoms with Gasteiger partial charge in [-0.1, -0.05) is 20.4 Å². The van der Waals surface area contributed by atoms with Crippen molar-refractivity contribution >= 4 is 26.6 Å². The van der Waals surface area contributed by atoms with Crippen LogP contribution in [0.3, 0.4) is 0 Å². The lowest BCUT2D eigenvalue weighted by Gasteiger charge is -2.17. The summed E-state index contributed by atoms with van der Waals surface area (Å²) in [5.41, 5.74) is 0.466. The Morgan fingerprint density at radius 3 is 2.25 bits per heavy atom. The molecule has 0 aromatic carbocycles. The molecule has 0 aliphatic rings. The third-order valence-corrected chi connectivity index (χ3v) is 2.09. The number of carbonyl (C=O) groups is 1. The Bertz CT molecular complexity index is 196. The maximum absolute atomic E-state index is 11.0. The molecule has 0 saturated heterocycles. The molecule has 0 spiro atoms. The van der Waals surface area contributed by atoms with Crippen molar-refractivity contribution in [3.05, 3.63) is 12.2 Å². The average Bonchev–Trinajstić information content (AvgIpc) is 2.31. The Labute approximate surface area is 107 Å². The van der Waals surface area contributed by atoms with E-state index in [1.807, 2.05) is 0 Å². The molecule has 0 radical (unpaired) electrons. The highest BCUT2D eigenvalue weighted by molar-refractivity contribution is 6.80. The number of rotatable bonds is 7. The quantitative estimate of drug-likeness (QED) is 0.229. The van der Waals surface area contributed by atoms with Gasteiger partial charge in [0, 0.05) is 12.1 Å². The van der Waals surface area contributed by atoms with Gasteiger partial charge < -0.3 is 9.64 Å². The number of nitrogens with zero attached hydrogens (tertiary/aromatic N) is 1. The average molecular weight is 266 g/mol. The molecule has 0 aromatic rings. The summed E-state index contributed by atoms with van der Waals surface area (Å²) in [7, 11) is 0.778. The first kappa shape index (κ1) is 18.1. The van der Waals surface area contributed by atoms with Crippen molar-refractivity contribution in [3.63, 3.8) is 0 Å². The zero-order valence-corrected chi connectivity index (χ0v) is 13.6. The van der Waals surface area contributed by atoms with Crippen molar-refractivity contribution in [3.8, 4) is 0 Å². The Kier molecular flexibility index (Phi) is 14.4. The van der Waals surface area contributed by atoms with Crippen LogP contribution < -0.4 is 0 Å². The van der Waals surface area contributed by atoms with E-state index in [-0.39, 0.29) is 5.97 Å². The molecule has 0 amide bonds. The second-order valence-electron chi connectivity index (χ2n) is 3.30. The van der Waals surface area contributed by atoms with E-state index in [9.17, 15) is 4.79 Å². The van der Waals surface area contributed by atoms with Gasteiger partial charge in [-0.3, -0.25) is 0 Å². The second-order valence-corrected chi connectivity index (χ2v) is 3.30. The van der Waals surface area contributed by atoms with E-state index in [0.717, 1.165) is 35.6 Å². The first-order chi connectivity index (χ1) is 7.61. The van der Waals surface area contributed by atoms with Crippen molar-refractivity contribution in [2.24, 2.45) is 0 Å². The summed E-state index contributed by atoms with van der Waals surface area (Å²) >= 11 is 4.78. The maximum Gasteiger partial charge on any atom is 0.333 e. The number of carbonyl (C=O) groups excluding carboxylic acids is 1. The molecule has 0 bridgehead atoms. The van der Waals surface area contributed by atoms with Crippen LogP contribution in [-0.2, 0) is 9.53 Å². The maximum atomic E-state index is 11.0. The van der Waals surface area contributed by atoms with Gasteiger partial charge in [-0.25, -0.2) is 4.79 Å². The zero-order valence-electron chi connectivity index (χ0n) is 10.9. The Hall–Kier alpha value is -0.323. The highest BCUT2D eigenvalue weighted by Crippen LogP contribution is 1.95. The Balaban J connectivity index is 0. The summed E-state index contributed by atoms with van der Waals surface area (Å²) in [5, 5.41) is 0. The third-order valence-electron chi connectivity index (χ3n) is 2.09. The molecular weight excluding hydrogens is 242 g/mol. The van der Waals surface area contributed by atoms with Gasteiger partial charge in [0.25, 0.3) is 0 Å². The molecule has 0 rings (SSSR count). The minimum absolute atomic E-state index is 0.287. The summed E-state index contributed by atoms with van der Waals surface area (Å²) in [6.07, 6.45) is 0.890. The zero-order chi connectivity index (χ0) is 13.0. The lowest BCUT2D eigenvalue weighted by Crippen LogP contribution is -2.25. The highest BCUT2D eigenvalue weighted by Gasteiger charge is 2.03. The van der Waals surface area contributed by atoms with E-state index in [1.54, 1.807) is 6.92 Å². The molecule has 96 valence electrons. The fourth-order valence-electron chi connectivity index (χ4n) is 1.12. The lowest BCUT2D eigenvalue weighted by atomic mass is 10.3. The van der Waals surface area contributed by atoms with Crippen LogP contribution in [0.4, 0.5) is 0 Å². The Morgan fingerprint density at radius 1 is 1.38 bits per heavy atom. The smallest absolute Gasteiger partial charge is 0.333 e. The van der Waals surface area contributed by atoms with E-state index in [4.69, 9.17) is 15.8 Å². The third kappa shape index (κ3) is 10.2. The van der Waals surface area contributed by atoms with E-state index in [2.05, 4.69) is 25.3 Å². The highest BCUT2D eigenvalue weighted by atomic mass is 35.6. The molecule has 16 heavy (non-hydrogen) atoms. The molecule has 0 unspecified atom stereocenters. The van der Waals surface area contributed by atoms with Crippen molar-refractivity contribution in [1.29, 1.82) is 0 Å². The van der Waals surface area contributed by atoms with Crippen molar-refractivity contribution in [2.45, 2.75) is 27.2 Å². The number of ether oxygens (including phenoxy) is 1. The van der Waals surface area contributed by atoms with E-state index >= 15 is 0 Å². The molecule has 0 heterocycles. The van der Waals surface area contributed by atoms with E-state index in [0.29, 0.717) is 12.2 Å². The lowest BCUT2D eigenvalue weighted by molar-refractivity contribution is -0.139. The molecule has 0 N–H and O–H groups in total. The summed E-state index contributed by atoms with van der Waals surface area (Å²) in [6.45, 7) is 13.0. The van der Waals surface area contributed by atoms with Gasteiger partial charge in [-0.2, -0.15) is 11.1 Å². The molecule has 0 aliphatic carbocycles. The summed E-state index contributed by atoms with van der Waals surface area (Å²) in [5.74, 6) is -0.287. The normalized spacial score (nSPS) is 9.56. The van der Waals surface area contributed by atoms with Crippen LogP contribution in [0.25, 0.3) is 0 Å². The molecule has 0 aromatic heterocycles. The van der Waals surface area contributed by atoms with Crippen molar-refractivity contribution in [1.82, 2.24) is 4.90 Å². The molecule has 0 atom stereocenters. The van der Waals surface area contributed by atoms with Crippen LogP contribution >= 0.6 is 11.1 Å². The van der Waals surface area contributed by atoms with Gasteiger partial charge in [-0.15, -0.1) is 0 Å². The molecular formula is C11H24ClNO2Si. The molecule has 0 aliphatic heterocycles. The SMILES string of the molecule is C=C(C)C(=O)OCCCN(CC)CC.[SiH3]Cl. The van der Waals surface area contributed by atoms with Crippen LogP contribution in [0.15, 0.2) is 12.2 Å². The van der Waals surface area contributed by atoms with Gasteiger partial charge in [0.2, 0.25) is 0 Å². The molecule has 0 fully saturated rings. The van der Waals surface area contributed by atoms with Crippen molar-refractivity contribution in [2.75, 3.05) is 26.2 Å². The van der Waals surface area contributed by atoms with Gasteiger partial charge in [0.1, 0.15) is 9.55 Å². The van der Waals surface area contributed by atoms with Crippen LogP contribution in [0.2, 0.25) is 0 Å². The minimum Gasteiger partial charge on any atom is -0.462 e. The van der Waals surface area contributed by atoms with Gasteiger partial charge >= 0.3 is 5.97 Å². The minimum atomic E-state index is -0.287. The van der Waals surface area contributed by atoms with Crippen LogP contribution in [0.5, 0.6) is 0 Å². The second kappa shape index (κ2) is 12.7. The number of hydrogen-bond donors (Lipinski definition) is 0. The summed E-state index contributed by atoms with van der Waals surface area (Å²) < 4.78 is 4.98. The Morgan fingerprint density at radius 2 is 1.88 bits per heavy atom. The van der Waals surface area contributed by atoms with Gasteiger partial charge in [0.15, 0.2) is 0 Å². The van der Waals surface area contributed by atoms with Crippen LogP contribution in [0, 0.1) is 0 Å². The van der Waals surface area contributed by atoms with E-state index < -0.39 is 0 Å². The fourth-order valence-corrected chi connectivity index (χ4v) is 1.12. The molecule has 5 heteroatoms. The molecule has 3 nitrogen and oxygen atoms in total. The van der Waals surface area contributed by atoms with Gasteiger partial charge in [-0.05, 0) is 26.4 Å².